The lowest BCUT2D eigenvalue weighted by Crippen LogP contribution is -2.29. The molecule has 1 aliphatic rings. The third-order valence-electron chi connectivity index (χ3n) is 6.71. The number of aryl methyl sites for hydroxylation is 1. The number of hydrogen-bond donors (Lipinski definition) is 2. The Morgan fingerprint density at radius 2 is 1.90 bits per heavy atom. The second-order valence-electron chi connectivity index (χ2n) is 9.53. The fourth-order valence-corrected chi connectivity index (χ4v) is 4.60. The van der Waals surface area contributed by atoms with Crippen molar-refractivity contribution < 1.29 is 14.1 Å². The maximum atomic E-state index is 13.2. The van der Waals surface area contributed by atoms with Gasteiger partial charge in [0.1, 0.15) is 5.69 Å². The SMILES string of the molecule is Cc1ccc(NC(=O)c2cc(C#N)cc(N3CCCCC3)c2)cc1-c1cc(C(=O)NCc2cccnc2)on1. The van der Waals surface area contributed by atoms with Gasteiger partial charge in [-0.1, -0.05) is 17.3 Å². The molecule has 5 rings (SSSR count). The van der Waals surface area contributed by atoms with E-state index in [2.05, 4.69) is 31.7 Å². The number of amides is 2. The number of carbonyl (C=O) groups excluding carboxylic acids is 2. The molecule has 4 aromatic rings. The smallest absolute Gasteiger partial charge is 0.290 e. The molecular formula is C30H28N6O3. The Labute approximate surface area is 226 Å². The Bertz CT molecular complexity index is 1530. The minimum absolute atomic E-state index is 0.0845. The number of nitrogens with zero attached hydrogens (tertiary/aromatic N) is 4. The molecule has 1 saturated heterocycles. The minimum Gasteiger partial charge on any atom is -0.371 e. The summed E-state index contributed by atoms with van der Waals surface area (Å²) in [7, 11) is 0. The lowest BCUT2D eigenvalue weighted by Gasteiger charge is -2.29. The van der Waals surface area contributed by atoms with Crippen molar-refractivity contribution in [2.75, 3.05) is 23.3 Å². The zero-order valence-electron chi connectivity index (χ0n) is 21.6. The van der Waals surface area contributed by atoms with E-state index < -0.39 is 0 Å². The van der Waals surface area contributed by atoms with E-state index in [1.165, 1.54) is 6.42 Å². The van der Waals surface area contributed by atoms with Gasteiger partial charge in [0.25, 0.3) is 11.8 Å². The summed E-state index contributed by atoms with van der Waals surface area (Å²) in [5.41, 5.74) is 5.30. The van der Waals surface area contributed by atoms with Crippen LogP contribution in [0.4, 0.5) is 11.4 Å². The van der Waals surface area contributed by atoms with Crippen LogP contribution in [0.25, 0.3) is 11.3 Å². The molecule has 9 heteroatoms. The number of hydrogen-bond acceptors (Lipinski definition) is 7. The van der Waals surface area contributed by atoms with Gasteiger partial charge >= 0.3 is 0 Å². The predicted octanol–water partition coefficient (Wildman–Crippen LogP) is 5.09. The molecule has 0 unspecified atom stereocenters. The Balaban J connectivity index is 1.31. The highest BCUT2D eigenvalue weighted by Crippen LogP contribution is 2.28. The van der Waals surface area contributed by atoms with Crippen LogP contribution in [0, 0.1) is 18.3 Å². The van der Waals surface area contributed by atoms with E-state index in [9.17, 15) is 14.9 Å². The van der Waals surface area contributed by atoms with Crippen molar-refractivity contribution in [1.82, 2.24) is 15.5 Å². The lowest BCUT2D eigenvalue weighted by atomic mass is 10.0. The summed E-state index contributed by atoms with van der Waals surface area (Å²) < 4.78 is 5.31. The number of anilines is 2. The van der Waals surface area contributed by atoms with Crippen LogP contribution >= 0.6 is 0 Å². The van der Waals surface area contributed by atoms with Crippen molar-refractivity contribution in [3.05, 3.63) is 95.0 Å². The van der Waals surface area contributed by atoms with Crippen LogP contribution in [0.2, 0.25) is 0 Å². The quantitative estimate of drug-likeness (QED) is 0.348. The summed E-state index contributed by atoms with van der Waals surface area (Å²) in [6.07, 6.45) is 6.74. The van der Waals surface area contributed by atoms with Crippen LogP contribution in [-0.4, -0.2) is 35.0 Å². The average molecular weight is 521 g/mol. The molecule has 1 aliphatic heterocycles. The van der Waals surface area contributed by atoms with Crippen LogP contribution in [0.15, 0.2) is 71.5 Å². The Morgan fingerprint density at radius 1 is 1.05 bits per heavy atom. The van der Waals surface area contributed by atoms with E-state index in [1.807, 2.05) is 31.2 Å². The number of nitrogens with one attached hydrogen (secondary N) is 2. The number of aromatic nitrogens is 2. The van der Waals surface area contributed by atoms with Crippen molar-refractivity contribution in [3.8, 4) is 17.3 Å². The normalized spacial score (nSPS) is 13.0. The van der Waals surface area contributed by atoms with Gasteiger partial charge in [0.05, 0.1) is 11.6 Å². The largest absolute Gasteiger partial charge is 0.371 e. The van der Waals surface area contributed by atoms with Gasteiger partial charge < -0.3 is 20.1 Å². The van der Waals surface area contributed by atoms with Crippen molar-refractivity contribution in [2.45, 2.75) is 32.7 Å². The van der Waals surface area contributed by atoms with Gasteiger partial charge in [-0.15, -0.1) is 0 Å². The van der Waals surface area contributed by atoms with Gasteiger partial charge in [0.15, 0.2) is 0 Å². The third-order valence-corrected chi connectivity index (χ3v) is 6.71. The minimum atomic E-state index is -0.387. The van der Waals surface area contributed by atoms with Gasteiger partial charge in [-0.3, -0.25) is 14.6 Å². The van der Waals surface area contributed by atoms with Crippen LogP contribution in [0.1, 0.15) is 56.9 Å². The number of piperidine rings is 1. The summed E-state index contributed by atoms with van der Waals surface area (Å²) in [6, 6.07) is 18.2. The van der Waals surface area contributed by atoms with E-state index >= 15 is 0 Å². The third kappa shape index (κ3) is 6.13. The molecule has 0 bridgehead atoms. The number of nitriles is 1. The number of pyridine rings is 1. The molecular weight excluding hydrogens is 492 g/mol. The van der Waals surface area contributed by atoms with E-state index in [1.54, 1.807) is 42.7 Å². The highest BCUT2D eigenvalue weighted by Gasteiger charge is 2.18. The van der Waals surface area contributed by atoms with Gasteiger partial charge in [-0.05, 0) is 73.7 Å². The molecule has 9 nitrogen and oxygen atoms in total. The number of benzene rings is 2. The first-order valence-electron chi connectivity index (χ1n) is 12.9. The molecule has 2 aromatic heterocycles. The summed E-state index contributed by atoms with van der Waals surface area (Å²) in [5, 5.41) is 19.3. The molecule has 0 spiro atoms. The molecule has 0 atom stereocenters. The molecule has 3 heterocycles. The molecule has 0 saturated carbocycles. The molecule has 39 heavy (non-hydrogen) atoms. The summed E-state index contributed by atoms with van der Waals surface area (Å²) in [4.78, 5) is 32.0. The first-order valence-corrected chi connectivity index (χ1v) is 12.9. The van der Waals surface area contributed by atoms with Crippen LogP contribution in [0.5, 0.6) is 0 Å². The van der Waals surface area contributed by atoms with Crippen molar-refractivity contribution in [2.24, 2.45) is 0 Å². The standard InChI is InChI=1S/C30H28N6O3/c1-20-7-8-24(34-29(37)23-12-22(17-31)13-25(14-23)36-10-3-2-4-11-36)15-26(20)27-16-28(39-35-27)30(38)33-19-21-6-5-9-32-18-21/h5-9,12-16,18H,2-4,10-11,19H2,1H3,(H,33,38)(H,34,37). The Hall–Kier alpha value is -4.97. The van der Waals surface area contributed by atoms with E-state index in [0.29, 0.717) is 29.1 Å². The number of carbonyl (C=O) groups is 2. The van der Waals surface area contributed by atoms with Gasteiger partial charge in [0, 0.05) is 60.6 Å². The maximum absolute atomic E-state index is 13.2. The Kier molecular flexibility index (Phi) is 7.64. The van der Waals surface area contributed by atoms with E-state index in [4.69, 9.17) is 4.52 Å². The van der Waals surface area contributed by atoms with Gasteiger partial charge in [-0.25, -0.2) is 0 Å². The first-order chi connectivity index (χ1) is 19.0. The van der Waals surface area contributed by atoms with Gasteiger partial charge in [-0.2, -0.15) is 5.26 Å². The lowest BCUT2D eigenvalue weighted by molar-refractivity contribution is 0.0913. The molecule has 1 fully saturated rings. The summed E-state index contributed by atoms with van der Waals surface area (Å²) in [6.45, 7) is 4.06. The summed E-state index contributed by atoms with van der Waals surface area (Å²) >= 11 is 0. The average Bonchev–Trinajstić information content (AvgIpc) is 3.48. The summed E-state index contributed by atoms with van der Waals surface area (Å²) in [5.74, 6) is -0.612. The highest BCUT2D eigenvalue weighted by molar-refractivity contribution is 6.05. The molecule has 0 radical (unpaired) electrons. The fraction of sp³-hybridized carbons (Fsp3) is 0.233. The van der Waals surface area contributed by atoms with Gasteiger partial charge in [0.2, 0.25) is 5.76 Å². The number of rotatable bonds is 7. The molecule has 2 N–H and O–H groups in total. The predicted molar refractivity (Wildman–Crippen MR) is 147 cm³/mol. The molecule has 2 aromatic carbocycles. The Morgan fingerprint density at radius 3 is 2.67 bits per heavy atom. The van der Waals surface area contributed by atoms with E-state index in [0.717, 1.165) is 48.3 Å². The first kappa shape index (κ1) is 25.7. The molecule has 2 amide bonds. The zero-order valence-corrected chi connectivity index (χ0v) is 21.6. The van der Waals surface area contributed by atoms with Crippen LogP contribution in [0.3, 0.4) is 0 Å². The second-order valence-corrected chi connectivity index (χ2v) is 9.53. The van der Waals surface area contributed by atoms with Crippen LogP contribution in [-0.2, 0) is 6.54 Å². The maximum Gasteiger partial charge on any atom is 0.290 e. The molecule has 0 aliphatic carbocycles. The topological polar surface area (TPSA) is 124 Å². The second kappa shape index (κ2) is 11.6. The fourth-order valence-electron chi connectivity index (χ4n) is 4.60. The monoisotopic (exact) mass is 520 g/mol. The van der Waals surface area contributed by atoms with Crippen molar-refractivity contribution in [3.63, 3.8) is 0 Å². The van der Waals surface area contributed by atoms with Crippen molar-refractivity contribution >= 4 is 23.2 Å². The van der Waals surface area contributed by atoms with Crippen molar-refractivity contribution in [1.29, 1.82) is 5.26 Å². The van der Waals surface area contributed by atoms with E-state index in [-0.39, 0.29) is 17.6 Å². The van der Waals surface area contributed by atoms with Crippen LogP contribution < -0.4 is 15.5 Å². The zero-order chi connectivity index (χ0) is 27.2. The highest BCUT2D eigenvalue weighted by atomic mass is 16.5. The molecule has 196 valence electrons.